The number of nitrogen functional groups attached to an aromatic ring is 1. The molecule has 1 saturated heterocycles. The molecule has 5 nitrogen and oxygen atoms in total. The second kappa shape index (κ2) is 5.35. The average molecular weight is 247 g/mol. The van der Waals surface area contributed by atoms with Gasteiger partial charge in [-0.2, -0.15) is 0 Å². The van der Waals surface area contributed by atoms with Crippen molar-refractivity contribution < 1.29 is 0 Å². The van der Waals surface area contributed by atoms with E-state index in [9.17, 15) is 0 Å². The van der Waals surface area contributed by atoms with Crippen LogP contribution in [-0.2, 0) is 0 Å². The van der Waals surface area contributed by atoms with Gasteiger partial charge in [-0.05, 0) is 39.1 Å². The molecule has 1 aliphatic rings. The first kappa shape index (κ1) is 12.8. The zero-order chi connectivity index (χ0) is 13.1. The molecule has 0 aromatic carbocycles. The van der Waals surface area contributed by atoms with Crippen LogP contribution < -0.4 is 10.6 Å². The smallest absolute Gasteiger partial charge is 0.141 e. The van der Waals surface area contributed by atoms with Crippen molar-refractivity contribution in [3.8, 4) is 0 Å². The van der Waals surface area contributed by atoms with Gasteiger partial charge in [-0.3, -0.25) is 10.4 Å². The van der Waals surface area contributed by atoms with Crippen molar-refractivity contribution in [1.82, 2.24) is 9.88 Å². The number of amidine groups is 1. The van der Waals surface area contributed by atoms with Crippen LogP contribution in [0.4, 0.5) is 5.69 Å². The van der Waals surface area contributed by atoms with Crippen LogP contribution in [0.15, 0.2) is 18.3 Å². The van der Waals surface area contributed by atoms with Gasteiger partial charge < -0.3 is 15.5 Å². The van der Waals surface area contributed by atoms with Crippen molar-refractivity contribution in [2.24, 2.45) is 5.73 Å². The van der Waals surface area contributed by atoms with Gasteiger partial charge in [0.1, 0.15) is 11.5 Å². The maximum absolute atomic E-state index is 7.42. The number of nitrogens with zero attached hydrogens (tertiary/aromatic N) is 3. The lowest BCUT2D eigenvalue weighted by atomic mass is 10.0. The number of nitrogens with two attached hydrogens (primary N) is 1. The molecule has 0 spiro atoms. The molecule has 3 N–H and O–H groups in total. The molecule has 0 bridgehead atoms. The highest BCUT2D eigenvalue weighted by Crippen LogP contribution is 2.21. The van der Waals surface area contributed by atoms with Crippen LogP contribution >= 0.6 is 0 Å². The van der Waals surface area contributed by atoms with E-state index in [0.29, 0.717) is 11.7 Å². The SMILES string of the molecule is CN(C)C1CCN(c2ccnc(C(=N)N)c2)CC1. The summed E-state index contributed by atoms with van der Waals surface area (Å²) in [5, 5.41) is 7.42. The number of aromatic nitrogens is 1. The van der Waals surface area contributed by atoms with Gasteiger partial charge in [-0.1, -0.05) is 0 Å². The highest BCUT2D eigenvalue weighted by atomic mass is 15.2. The van der Waals surface area contributed by atoms with Gasteiger partial charge in [0.15, 0.2) is 0 Å². The van der Waals surface area contributed by atoms with Crippen LogP contribution in [0, 0.1) is 5.41 Å². The number of anilines is 1. The molecule has 0 unspecified atom stereocenters. The second-order valence-electron chi connectivity index (χ2n) is 4.99. The molecule has 0 saturated carbocycles. The molecule has 1 aromatic rings. The van der Waals surface area contributed by atoms with Gasteiger partial charge in [0.05, 0.1) is 0 Å². The van der Waals surface area contributed by atoms with Gasteiger partial charge >= 0.3 is 0 Å². The zero-order valence-corrected chi connectivity index (χ0v) is 11.1. The number of piperidine rings is 1. The predicted molar refractivity (Wildman–Crippen MR) is 74.2 cm³/mol. The fraction of sp³-hybridized carbons (Fsp3) is 0.538. The van der Waals surface area contributed by atoms with Crippen molar-refractivity contribution in [1.29, 1.82) is 5.41 Å². The largest absolute Gasteiger partial charge is 0.382 e. The molecule has 1 aromatic heterocycles. The Balaban J connectivity index is 2.05. The molecule has 0 aliphatic carbocycles. The van der Waals surface area contributed by atoms with Gasteiger partial charge in [0.2, 0.25) is 0 Å². The Hall–Kier alpha value is -1.62. The summed E-state index contributed by atoms with van der Waals surface area (Å²) in [6, 6.07) is 4.57. The van der Waals surface area contributed by atoms with Crippen molar-refractivity contribution in [3.63, 3.8) is 0 Å². The van der Waals surface area contributed by atoms with Gasteiger partial charge in [0.25, 0.3) is 0 Å². The summed E-state index contributed by atoms with van der Waals surface area (Å²) in [6.07, 6.45) is 4.07. The summed E-state index contributed by atoms with van der Waals surface area (Å²) in [4.78, 5) is 8.73. The Morgan fingerprint density at radius 3 is 2.67 bits per heavy atom. The maximum atomic E-state index is 7.42. The Morgan fingerprint density at radius 2 is 2.11 bits per heavy atom. The van der Waals surface area contributed by atoms with Crippen LogP contribution in [-0.4, -0.2) is 48.9 Å². The maximum Gasteiger partial charge on any atom is 0.141 e. The number of hydrogen-bond acceptors (Lipinski definition) is 4. The van der Waals surface area contributed by atoms with Crippen LogP contribution in [0.5, 0.6) is 0 Å². The van der Waals surface area contributed by atoms with E-state index in [2.05, 4.69) is 28.9 Å². The molecule has 1 fully saturated rings. The minimum absolute atomic E-state index is 0.0278. The minimum atomic E-state index is 0.0278. The van der Waals surface area contributed by atoms with E-state index >= 15 is 0 Å². The lowest BCUT2D eigenvalue weighted by Crippen LogP contribution is -2.42. The normalized spacial score (nSPS) is 17.2. The average Bonchev–Trinajstić information content (AvgIpc) is 2.39. The third-order valence-corrected chi connectivity index (χ3v) is 3.58. The van der Waals surface area contributed by atoms with Crippen LogP contribution in [0.3, 0.4) is 0 Å². The van der Waals surface area contributed by atoms with Crippen molar-refractivity contribution in [2.45, 2.75) is 18.9 Å². The summed E-state index contributed by atoms with van der Waals surface area (Å²) in [5.74, 6) is 0.0278. The van der Waals surface area contributed by atoms with E-state index in [-0.39, 0.29) is 5.84 Å². The Bertz CT molecular complexity index is 421. The number of rotatable bonds is 3. The molecule has 2 heterocycles. The molecule has 98 valence electrons. The van der Waals surface area contributed by atoms with E-state index in [1.54, 1.807) is 6.20 Å². The number of nitrogens with one attached hydrogen (secondary N) is 1. The molecular weight excluding hydrogens is 226 g/mol. The van der Waals surface area contributed by atoms with Crippen molar-refractivity contribution in [2.75, 3.05) is 32.1 Å². The number of hydrogen-bond donors (Lipinski definition) is 2. The Kier molecular flexibility index (Phi) is 3.81. The standard InChI is InChI=1S/C13H21N5/c1-17(2)10-4-7-18(8-5-10)11-3-6-16-12(9-11)13(14)15/h3,6,9-10H,4-5,7-8H2,1-2H3,(H3,14,15). The third-order valence-electron chi connectivity index (χ3n) is 3.58. The molecule has 0 atom stereocenters. The third kappa shape index (κ3) is 2.79. The van der Waals surface area contributed by atoms with Crippen molar-refractivity contribution >= 4 is 11.5 Å². The van der Waals surface area contributed by atoms with E-state index in [1.807, 2.05) is 12.1 Å². The highest BCUT2D eigenvalue weighted by molar-refractivity contribution is 5.93. The van der Waals surface area contributed by atoms with E-state index in [0.717, 1.165) is 18.8 Å². The van der Waals surface area contributed by atoms with Gasteiger partial charge in [-0.25, -0.2) is 0 Å². The van der Waals surface area contributed by atoms with E-state index in [4.69, 9.17) is 11.1 Å². The Morgan fingerprint density at radius 1 is 1.44 bits per heavy atom. The lowest BCUT2D eigenvalue weighted by molar-refractivity contribution is 0.249. The molecule has 2 rings (SSSR count). The monoisotopic (exact) mass is 247 g/mol. The fourth-order valence-electron chi connectivity index (χ4n) is 2.40. The van der Waals surface area contributed by atoms with E-state index in [1.165, 1.54) is 12.8 Å². The molecule has 0 radical (unpaired) electrons. The zero-order valence-electron chi connectivity index (χ0n) is 11.1. The van der Waals surface area contributed by atoms with Crippen molar-refractivity contribution in [3.05, 3.63) is 24.0 Å². The molecular formula is C13H21N5. The van der Waals surface area contributed by atoms with Crippen LogP contribution in [0.25, 0.3) is 0 Å². The Labute approximate surface area is 108 Å². The van der Waals surface area contributed by atoms with Crippen LogP contribution in [0.2, 0.25) is 0 Å². The highest BCUT2D eigenvalue weighted by Gasteiger charge is 2.20. The molecule has 0 amide bonds. The first-order chi connectivity index (χ1) is 8.58. The molecule has 1 aliphatic heterocycles. The molecule has 5 heteroatoms. The summed E-state index contributed by atoms with van der Waals surface area (Å²) in [5.41, 5.74) is 7.15. The van der Waals surface area contributed by atoms with Crippen LogP contribution in [0.1, 0.15) is 18.5 Å². The quantitative estimate of drug-likeness (QED) is 0.615. The summed E-state index contributed by atoms with van der Waals surface area (Å²) >= 11 is 0. The topological polar surface area (TPSA) is 69.2 Å². The van der Waals surface area contributed by atoms with Gasteiger partial charge in [-0.15, -0.1) is 0 Å². The summed E-state index contributed by atoms with van der Waals surface area (Å²) in [7, 11) is 4.28. The summed E-state index contributed by atoms with van der Waals surface area (Å²) in [6.45, 7) is 2.09. The lowest BCUT2D eigenvalue weighted by Gasteiger charge is -2.36. The molecule has 18 heavy (non-hydrogen) atoms. The number of pyridine rings is 1. The predicted octanol–water partition coefficient (Wildman–Crippen LogP) is 0.896. The van der Waals surface area contributed by atoms with E-state index < -0.39 is 0 Å². The first-order valence-electron chi connectivity index (χ1n) is 6.30. The second-order valence-corrected chi connectivity index (χ2v) is 4.99. The summed E-state index contributed by atoms with van der Waals surface area (Å²) < 4.78 is 0. The first-order valence-corrected chi connectivity index (χ1v) is 6.30. The fourth-order valence-corrected chi connectivity index (χ4v) is 2.40. The van der Waals surface area contributed by atoms with Gasteiger partial charge in [0, 0.05) is 31.0 Å². The minimum Gasteiger partial charge on any atom is -0.382 e.